The van der Waals surface area contributed by atoms with Crippen LogP contribution in [0.5, 0.6) is 0 Å². The molecule has 1 aromatic heterocycles. The fourth-order valence-corrected chi connectivity index (χ4v) is 3.27. The zero-order valence-corrected chi connectivity index (χ0v) is 14.0. The topological polar surface area (TPSA) is 101 Å². The molecule has 9 heteroatoms. The van der Waals surface area contributed by atoms with Crippen molar-refractivity contribution in [1.82, 2.24) is 14.5 Å². The van der Waals surface area contributed by atoms with Crippen LogP contribution in [0.1, 0.15) is 6.23 Å². The summed E-state index contributed by atoms with van der Waals surface area (Å²) in [5.41, 5.74) is 5.09. The first-order valence-corrected chi connectivity index (χ1v) is 8.00. The van der Waals surface area contributed by atoms with Gasteiger partial charge in [-0.3, -0.25) is 9.47 Å². The summed E-state index contributed by atoms with van der Waals surface area (Å²) in [7, 11) is 3.21. The fraction of sp³-hybridized carbons (Fsp3) is 0.733. The molecule has 9 nitrogen and oxygen atoms in total. The van der Waals surface area contributed by atoms with E-state index >= 15 is 0 Å². The number of morpholine rings is 1. The number of rotatable bonds is 5. The maximum atomic E-state index is 12.1. The summed E-state index contributed by atoms with van der Waals surface area (Å²) in [5, 5.41) is 0. The Labute approximate surface area is 140 Å². The lowest BCUT2D eigenvalue weighted by atomic mass is 10.1. The van der Waals surface area contributed by atoms with Crippen LogP contribution in [-0.4, -0.2) is 79.8 Å². The van der Waals surface area contributed by atoms with Gasteiger partial charge >= 0.3 is 5.69 Å². The van der Waals surface area contributed by atoms with E-state index in [1.54, 1.807) is 26.5 Å². The monoisotopic (exact) mass is 340 g/mol. The van der Waals surface area contributed by atoms with E-state index in [2.05, 4.69) is 9.88 Å². The molecule has 0 bridgehead atoms. The molecule has 2 aliphatic heterocycles. The number of ether oxygens (including phenoxy) is 4. The first-order valence-electron chi connectivity index (χ1n) is 8.00. The lowest BCUT2D eigenvalue weighted by Gasteiger charge is -2.30. The Kier molecular flexibility index (Phi) is 5.47. The van der Waals surface area contributed by atoms with Crippen LogP contribution in [0, 0.1) is 0 Å². The van der Waals surface area contributed by atoms with Crippen molar-refractivity contribution in [2.75, 3.05) is 52.8 Å². The van der Waals surface area contributed by atoms with Crippen LogP contribution in [0.15, 0.2) is 17.1 Å². The highest BCUT2D eigenvalue weighted by atomic mass is 16.6. The quantitative estimate of drug-likeness (QED) is 0.735. The SMILES string of the molecule is COC1[C@@H](OC)[C@@H](CN2CCOCC2)O[C@H]1n1ccc(N)nc1=O. The maximum absolute atomic E-state index is 12.1. The van der Waals surface area contributed by atoms with Crippen molar-refractivity contribution >= 4 is 5.82 Å². The van der Waals surface area contributed by atoms with E-state index in [9.17, 15) is 4.79 Å². The molecule has 134 valence electrons. The predicted octanol–water partition coefficient (Wildman–Crippen LogP) is -0.915. The molecule has 0 aliphatic carbocycles. The summed E-state index contributed by atoms with van der Waals surface area (Å²) in [5.74, 6) is 0.177. The Morgan fingerprint density at radius 1 is 1.29 bits per heavy atom. The smallest absolute Gasteiger partial charge is 0.351 e. The summed E-state index contributed by atoms with van der Waals surface area (Å²) in [6.07, 6.45) is 0.0566. The normalized spacial score (nSPS) is 31.4. The number of aromatic nitrogens is 2. The average molecular weight is 340 g/mol. The van der Waals surface area contributed by atoms with Gasteiger partial charge in [-0.1, -0.05) is 0 Å². The van der Waals surface area contributed by atoms with Gasteiger partial charge in [0.25, 0.3) is 0 Å². The van der Waals surface area contributed by atoms with Crippen molar-refractivity contribution in [2.45, 2.75) is 24.5 Å². The summed E-state index contributed by atoms with van der Waals surface area (Å²) < 4.78 is 24.1. The molecule has 2 N–H and O–H groups in total. The Hall–Kier alpha value is -1.52. The van der Waals surface area contributed by atoms with Crippen molar-refractivity contribution in [3.63, 3.8) is 0 Å². The van der Waals surface area contributed by atoms with E-state index in [-0.39, 0.29) is 18.0 Å². The first-order chi connectivity index (χ1) is 11.6. The third-order valence-electron chi connectivity index (χ3n) is 4.50. The summed E-state index contributed by atoms with van der Waals surface area (Å²) >= 11 is 0. The number of hydrogen-bond donors (Lipinski definition) is 1. The van der Waals surface area contributed by atoms with E-state index in [1.807, 2.05) is 0 Å². The van der Waals surface area contributed by atoms with E-state index in [0.717, 1.165) is 13.1 Å². The number of anilines is 1. The zero-order chi connectivity index (χ0) is 17.1. The Balaban J connectivity index is 1.80. The number of hydrogen-bond acceptors (Lipinski definition) is 8. The first kappa shape index (κ1) is 17.3. The molecule has 2 aliphatic rings. The van der Waals surface area contributed by atoms with Crippen LogP contribution in [0.25, 0.3) is 0 Å². The molecular formula is C15H24N4O5. The molecule has 2 saturated heterocycles. The Bertz CT molecular complexity index is 604. The highest BCUT2D eigenvalue weighted by Gasteiger charge is 2.47. The van der Waals surface area contributed by atoms with Crippen molar-refractivity contribution < 1.29 is 18.9 Å². The number of nitrogens with two attached hydrogens (primary N) is 1. The second-order valence-electron chi connectivity index (χ2n) is 5.92. The molecule has 0 amide bonds. The standard InChI is InChI=1S/C15H24N4O5/c1-21-12-10(9-18-5-7-23-8-6-18)24-14(13(12)22-2)19-4-3-11(16)17-15(19)20/h3-4,10,12-14H,5-9H2,1-2H3,(H2,16,17,20)/t10-,12+,13?,14-/m1/s1. The van der Waals surface area contributed by atoms with Gasteiger partial charge in [0.05, 0.1) is 13.2 Å². The second kappa shape index (κ2) is 7.58. The van der Waals surface area contributed by atoms with Crippen LogP contribution in [-0.2, 0) is 18.9 Å². The Morgan fingerprint density at radius 2 is 2.00 bits per heavy atom. The van der Waals surface area contributed by atoms with Crippen LogP contribution in [0.2, 0.25) is 0 Å². The van der Waals surface area contributed by atoms with Gasteiger partial charge < -0.3 is 24.7 Å². The molecule has 3 heterocycles. The molecule has 24 heavy (non-hydrogen) atoms. The zero-order valence-electron chi connectivity index (χ0n) is 14.0. The van der Waals surface area contributed by atoms with E-state index in [4.69, 9.17) is 24.7 Å². The van der Waals surface area contributed by atoms with Gasteiger partial charge in [-0.15, -0.1) is 0 Å². The van der Waals surface area contributed by atoms with Crippen LogP contribution in [0.3, 0.4) is 0 Å². The highest BCUT2D eigenvalue weighted by Crippen LogP contribution is 2.32. The fourth-order valence-electron chi connectivity index (χ4n) is 3.27. The predicted molar refractivity (Wildman–Crippen MR) is 85.7 cm³/mol. The lowest BCUT2D eigenvalue weighted by molar-refractivity contribution is -0.0641. The minimum atomic E-state index is -0.605. The average Bonchev–Trinajstić information content (AvgIpc) is 2.92. The van der Waals surface area contributed by atoms with Crippen LogP contribution in [0.4, 0.5) is 5.82 Å². The largest absolute Gasteiger partial charge is 0.383 e. The van der Waals surface area contributed by atoms with E-state index in [0.29, 0.717) is 19.8 Å². The third kappa shape index (κ3) is 3.45. The molecule has 1 aromatic rings. The maximum Gasteiger partial charge on any atom is 0.351 e. The van der Waals surface area contributed by atoms with Gasteiger partial charge in [-0.2, -0.15) is 4.98 Å². The Morgan fingerprint density at radius 3 is 2.62 bits per heavy atom. The van der Waals surface area contributed by atoms with Crippen molar-refractivity contribution in [2.24, 2.45) is 0 Å². The molecule has 4 atom stereocenters. The molecule has 2 fully saturated rings. The van der Waals surface area contributed by atoms with Crippen LogP contribution < -0.4 is 11.4 Å². The summed E-state index contributed by atoms with van der Waals surface area (Å²) in [4.78, 5) is 18.2. The molecule has 0 aromatic carbocycles. The van der Waals surface area contributed by atoms with Crippen molar-refractivity contribution in [3.05, 3.63) is 22.7 Å². The summed E-state index contributed by atoms with van der Waals surface area (Å²) in [6.45, 7) is 3.81. The molecule has 3 rings (SSSR count). The van der Waals surface area contributed by atoms with E-state index < -0.39 is 18.0 Å². The van der Waals surface area contributed by atoms with E-state index in [1.165, 1.54) is 4.57 Å². The van der Waals surface area contributed by atoms with Gasteiger partial charge in [-0.25, -0.2) is 4.79 Å². The number of methoxy groups -OCH3 is 2. The van der Waals surface area contributed by atoms with Gasteiger partial charge in [0.2, 0.25) is 0 Å². The second-order valence-corrected chi connectivity index (χ2v) is 5.92. The lowest BCUT2D eigenvalue weighted by Crippen LogP contribution is -2.45. The van der Waals surface area contributed by atoms with Gasteiger partial charge in [0.15, 0.2) is 6.23 Å². The van der Waals surface area contributed by atoms with Crippen LogP contribution >= 0.6 is 0 Å². The minimum absolute atomic E-state index is 0.177. The summed E-state index contributed by atoms with van der Waals surface area (Å²) in [6, 6.07) is 1.56. The number of nitrogen functional groups attached to an aromatic ring is 1. The van der Waals surface area contributed by atoms with Gasteiger partial charge in [0.1, 0.15) is 24.1 Å². The highest BCUT2D eigenvalue weighted by molar-refractivity contribution is 5.23. The van der Waals surface area contributed by atoms with Crippen molar-refractivity contribution in [1.29, 1.82) is 0 Å². The van der Waals surface area contributed by atoms with Gasteiger partial charge in [0, 0.05) is 40.1 Å². The molecule has 0 saturated carbocycles. The third-order valence-corrected chi connectivity index (χ3v) is 4.50. The molecule has 0 radical (unpaired) electrons. The molecular weight excluding hydrogens is 316 g/mol. The minimum Gasteiger partial charge on any atom is -0.383 e. The molecule has 1 unspecified atom stereocenters. The van der Waals surface area contributed by atoms with Crippen molar-refractivity contribution in [3.8, 4) is 0 Å². The number of nitrogens with zero attached hydrogens (tertiary/aromatic N) is 3. The molecule has 0 spiro atoms. The van der Waals surface area contributed by atoms with Gasteiger partial charge in [-0.05, 0) is 6.07 Å².